The second-order valence-corrected chi connectivity index (χ2v) is 5.89. The molecule has 0 radical (unpaired) electrons. The van der Waals surface area contributed by atoms with Crippen molar-refractivity contribution in [3.05, 3.63) is 65.5 Å². The van der Waals surface area contributed by atoms with Crippen LogP contribution in [-0.4, -0.2) is 18.9 Å². The quantitative estimate of drug-likeness (QED) is 0.791. The number of esters is 1. The predicted molar refractivity (Wildman–Crippen MR) is 85.1 cm³/mol. The molecular formula is C19H17FO4. The summed E-state index contributed by atoms with van der Waals surface area (Å²) in [6.07, 6.45) is 0.0899. The van der Waals surface area contributed by atoms with Crippen molar-refractivity contribution in [2.75, 3.05) is 7.11 Å². The second kappa shape index (κ2) is 6.43. The Balaban J connectivity index is 1.79. The Morgan fingerprint density at radius 3 is 2.46 bits per heavy atom. The SMILES string of the molecule is COC(=O)C1(c2ccc(OCc3ccccc3)c(F)c2)CC(=O)C1. The maximum atomic E-state index is 14.3. The molecule has 0 heterocycles. The summed E-state index contributed by atoms with van der Waals surface area (Å²) < 4.78 is 24.6. The van der Waals surface area contributed by atoms with Crippen LogP contribution < -0.4 is 4.74 Å². The lowest BCUT2D eigenvalue weighted by Crippen LogP contribution is -2.49. The normalized spacial score (nSPS) is 15.5. The molecule has 5 heteroatoms. The third-order valence-electron chi connectivity index (χ3n) is 4.30. The van der Waals surface area contributed by atoms with Crippen LogP contribution in [0.2, 0.25) is 0 Å². The van der Waals surface area contributed by atoms with Gasteiger partial charge in [0.15, 0.2) is 11.6 Å². The van der Waals surface area contributed by atoms with Crippen molar-refractivity contribution < 1.29 is 23.5 Å². The summed E-state index contributed by atoms with van der Waals surface area (Å²) in [5.74, 6) is -1.01. The predicted octanol–water partition coefficient (Wildman–Crippen LogP) is 3.18. The molecule has 124 valence electrons. The van der Waals surface area contributed by atoms with Gasteiger partial charge in [0.1, 0.15) is 17.8 Å². The molecule has 0 unspecified atom stereocenters. The molecule has 24 heavy (non-hydrogen) atoms. The molecule has 0 amide bonds. The van der Waals surface area contributed by atoms with E-state index < -0.39 is 17.2 Å². The fourth-order valence-corrected chi connectivity index (χ4v) is 2.93. The Kier molecular flexibility index (Phi) is 4.34. The first-order valence-electron chi connectivity index (χ1n) is 7.62. The average molecular weight is 328 g/mol. The Bertz CT molecular complexity index is 762. The Morgan fingerprint density at radius 1 is 1.17 bits per heavy atom. The highest BCUT2D eigenvalue weighted by Crippen LogP contribution is 2.43. The summed E-state index contributed by atoms with van der Waals surface area (Å²) in [6, 6.07) is 13.8. The van der Waals surface area contributed by atoms with E-state index in [0.717, 1.165) is 5.56 Å². The number of rotatable bonds is 5. The molecule has 0 spiro atoms. The number of ether oxygens (including phenoxy) is 2. The number of hydrogen-bond donors (Lipinski definition) is 0. The molecule has 1 fully saturated rings. The van der Waals surface area contributed by atoms with Gasteiger partial charge in [-0.1, -0.05) is 36.4 Å². The summed E-state index contributed by atoms with van der Waals surface area (Å²) in [4.78, 5) is 23.4. The van der Waals surface area contributed by atoms with Crippen LogP contribution in [-0.2, 0) is 26.3 Å². The van der Waals surface area contributed by atoms with Gasteiger partial charge in [0.05, 0.1) is 7.11 Å². The lowest BCUT2D eigenvalue weighted by Gasteiger charge is -2.37. The number of ketones is 1. The maximum absolute atomic E-state index is 14.3. The topological polar surface area (TPSA) is 52.6 Å². The zero-order chi connectivity index (χ0) is 17.2. The molecule has 0 atom stereocenters. The Hall–Kier alpha value is -2.69. The minimum absolute atomic E-state index is 0.0368. The van der Waals surface area contributed by atoms with Gasteiger partial charge in [0.2, 0.25) is 0 Å². The molecule has 0 saturated heterocycles. The van der Waals surface area contributed by atoms with Crippen molar-refractivity contribution in [2.45, 2.75) is 24.9 Å². The molecule has 2 aromatic rings. The Morgan fingerprint density at radius 2 is 1.88 bits per heavy atom. The van der Waals surface area contributed by atoms with Gasteiger partial charge in [-0.25, -0.2) is 4.39 Å². The van der Waals surface area contributed by atoms with Gasteiger partial charge in [0.25, 0.3) is 0 Å². The summed E-state index contributed by atoms with van der Waals surface area (Å²) in [7, 11) is 1.26. The van der Waals surface area contributed by atoms with Crippen molar-refractivity contribution in [2.24, 2.45) is 0 Å². The highest BCUT2D eigenvalue weighted by molar-refractivity contribution is 6.02. The molecule has 2 aromatic carbocycles. The summed E-state index contributed by atoms with van der Waals surface area (Å²) in [5.41, 5.74) is 0.306. The summed E-state index contributed by atoms with van der Waals surface area (Å²) >= 11 is 0. The van der Waals surface area contributed by atoms with Crippen LogP contribution in [0.5, 0.6) is 5.75 Å². The van der Waals surface area contributed by atoms with E-state index >= 15 is 0 Å². The van der Waals surface area contributed by atoms with Gasteiger partial charge in [0, 0.05) is 12.8 Å². The van der Waals surface area contributed by atoms with E-state index in [1.807, 2.05) is 30.3 Å². The van der Waals surface area contributed by atoms with E-state index in [2.05, 4.69) is 0 Å². The molecule has 1 aliphatic carbocycles. The third kappa shape index (κ3) is 2.89. The van der Waals surface area contributed by atoms with Crippen molar-refractivity contribution in [1.82, 2.24) is 0 Å². The summed E-state index contributed by atoms with van der Waals surface area (Å²) in [5, 5.41) is 0. The first-order valence-corrected chi connectivity index (χ1v) is 7.62. The van der Waals surface area contributed by atoms with Crippen molar-refractivity contribution in [3.63, 3.8) is 0 Å². The number of carbonyl (C=O) groups excluding carboxylic acids is 2. The lowest BCUT2D eigenvalue weighted by atomic mass is 9.63. The van der Waals surface area contributed by atoms with Gasteiger partial charge < -0.3 is 9.47 Å². The molecule has 0 bridgehead atoms. The van der Waals surface area contributed by atoms with Gasteiger partial charge in [-0.3, -0.25) is 9.59 Å². The fraction of sp³-hybridized carbons (Fsp3) is 0.263. The lowest BCUT2D eigenvalue weighted by molar-refractivity contribution is -0.156. The molecule has 0 aromatic heterocycles. The second-order valence-electron chi connectivity index (χ2n) is 5.89. The molecule has 3 rings (SSSR count). The highest BCUT2D eigenvalue weighted by atomic mass is 19.1. The van der Waals surface area contributed by atoms with Crippen LogP contribution in [0.4, 0.5) is 4.39 Å². The smallest absolute Gasteiger partial charge is 0.317 e. The van der Waals surface area contributed by atoms with Gasteiger partial charge in [-0.15, -0.1) is 0 Å². The average Bonchev–Trinajstić information content (AvgIpc) is 2.58. The number of Topliss-reactive ketones (excluding diaryl/α,β-unsaturated/α-hetero) is 1. The number of carbonyl (C=O) groups is 2. The first-order chi connectivity index (χ1) is 11.5. The van der Waals surface area contributed by atoms with Gasteiger partial charge in [-0.05, 0) is 23.3 Å². The summed E-state index contributed by atoms with van der Waals surface area (Å²) in [6.45, 7) is 0.248. The molecule has 0 aliphatic heterocycles. The van der Waals surface area contributed by atoms with Crippen LogP contribution in [0.15, 0.2) is 48.5 Å². The molecule has 1 aliphatic rings. The van der Waals surface area contributed by atoms with E-state index in [-0.39, 0.29) is 31.0 Å². The molecule has 0 N–H and O–H groups in total. The largest absolute Gasteiger partial charge is 0.486 e. The van der Waals surface area contributed by atoms with E-state index in [9.17, 15) is 14.0 Å². The zero-order valence-corrected chi connectivity index (χ0v) is 13.3. The van der Waals surface area contributed by atoms with E-state index in [1.54, 1.807) is 6.07 Å². The fourth-order valence-electron chi connectivity index (χ4n) is 2.93. The first kappa shape index (κ1) is 16.2. The zero-order valence-electron chi connectivity index (χ0n) is 13.3. The Labute approximate surface area is 139 Å². The number of methoxy groups -OCH3 is 1. The van der Waals surface area contributed by atoms with Crippen LogP contribution in [0.25, 0.3) is 0 Å². The molecular weight excluding hydrogens is 311 g/mol. The van der Waals surface area contributed by atoms with Crippen molar-refractivity contribution in [1.29, 1.82) is 0 Å². The van der Waals surface area contributed by atoms with E-state index in [4.69, 9.17) is 9.47 Å². The monoisotopic (exact) mass is 328 g/mol. The third-order valence-corrected chi connectivity index (χ3v) is 4.30. The highest BCUT2D eigenvalue weighted by Gasteiger charge is 2.52. The molecule has 4 nitrogen and oxygen atoms in total. The van der Waals surface area contributed by atoms with Gasteiger partial charge in [-0.2, -0.15) is 0 Å². The van der Waals surface area contributed by atoms with Crippen molar-refractivity contribution in [3.8, 4) is 5.75 Å². The maximum Gasteiger partial charge on any atom is 0.317 e. The van der Waals surface area contributed by atoms with Crippen LogP contribution in [0, 0.1) is 5.82 Å². The van der Waals surface area contributed by atoms with Gasteiger partial charge >= 0.3 is 5.97 Å². The van der Waals surface area contributed by atoms with Crippen molar-refractivity contribution >= 4 is 11.8 Å². The number of halogens is 1. The standard InChI is InChI=1S/C19H17FO4/c1-23-18(22)19(10-15(21)11-19)14-7-8-17(16(20)9-14)24-12-13-5-3-2-4-6-13/h2-9H,10-12H2,1H3. The minimum atomic E-state index is -1.06. The minimum Gasteiger partial charge on any atom is -0.486 e. The van der Waals surface area contributed by atoms with E-state index in [0.29, 0.717) is 5.56 Å². The molecule has 1 saturated carbocycles. The number of hydrogen-bond acceptors (Lipinski definition) is 4. The van der Waals surface area contributed by atoms with E-state index in [1.165, 1.54) is 19.2 Å². The van der Waals surface area contributed by atoms with Crippen LogP contribution in [0.1, 0.15) is 24.0 Å². The van der Waals surface area contributed by atoms with Crippen LogP contribution >= 0.6 is 0 Å². The van der Waals surface area contributed by atoms with Crippen LogP contribution in [0.3, 0.4) is 0 Å². The number of benzene rings is 2.